The molecule has 19 nitrogen and oxygen atoms in total. The molecular formula is C43H28ClN9O10S2. The zero-order valence-corrected chi connectivity index (χ0v) is 35.1. The van der Waals surface area contributed by atoms with Crippen LogP contribution in [0.15, 0.2) is 119 Å². The molecule has 9 rings (SSSR count). The van der Waals surface area contributed by atoms with Crippen LogP contribution < -0.4 is 32.7 Å². The Hall–Kier alpha value is -8.08. The first-order valence-corrected chi connectivity index (χ1v) is 22.1. The second kappa shape index (κ2) is 15.6. The molecule has 0 saturated heterocycles. The topological polar surface area (TPSA) is 316 Å². The zero-order valence-electron chi connectivity index (χ0n) is 32.7. The third-order valence-electron chi connectivity index (χ3n) is 10.4. The summed E-state index contributed by atoms with van der Waals surface area (Å²) in [5.41, 5.74) is 11.1. The van der Waals surface area contributed by atoms with Crippen LogP contribution in [-0.4, -0.2) is 64.0 Å². The van der Waals surface area contributed by atoms with E-state index in [4.69, 9.17) is 23.1 Å². The van der Waals surface area contributed by atoms with Crippen molar-refractivity contribution in [2.75, 3.05) is 32.7 Å². The minimum absolute atomic E-state index is 0.0204. The van der Waals surface area contributed by atoms with Crippen LogP contribution in [0.5, 0.6) is 0 Å². The number of rotatable bonds is 10. The van der Waals surface area contributed by atoms with Crippen molar-refractivity contribution in [2.24, 2.45) is 0 Å². The Morgan fingerprint density at radius 1 is 0.446 bits per heavy atom. The van der Waals surface area contributed by atoms with Gasteiger partial charge in [0.2, 0.25) is 17.2 Å². The van der Waals surface area contributed by atoms with Crippen molar-refractivity contribution in [1.82, 2.24) is 15.0 Å². The third-order valence-corrected chi connectivity index (χ3v) is 12.3. The monoisotopic (exact) mass is 929 g/mol. The minimum Gasteiger partial charge on any atom is -0.397 e. The van der Waals surface area contributed by atoms with Gasteiger partial charge in [0.1, 0.15) is 9.79 Å². The lowest BCUT2D eigenvalue weighted by atomic mass is 9.82. The summed E-state index contributed by atoms with van der Waals surface area (Å²) in [6, 6.07) is 26.6. The molecule has 0 unspecified atom stereocenters. The lowest BCUT2D eigenvalue weighted by Crippen LogP contribution is -2.25. The van der Waals surface area contributed by atoms with Gasteiger partial charge in [-0.25, -0.2) is 0 Å². The first-order chi connectivity index (χ1) is 30.9. The number of hydrogen-bond acceptors (Lipinski definition) is 17. The molecule has 65 heavy (non-hydrogen) atoms. The highest BCUT2D eigenvalue weighted by Gasteiger charge is 2.38. The molecular weight excluding hydrogens is 902 g/mol. The van der Waals surface area contributed by atoms with Crippen LogP contribution in [0.3, 0.4) is 0 Å². The van der Waals surface area contributed by atoms with E-state index < -0.39 is 64.5 Å². The van der Waals surface area contributed by atoms with E-state index in [1.165, 1.54) is 24.3 Å². The Balaban J connectivity index is 0.990. The summed E-state index contributed by atoms with van der Waals surface area (Å²) in [5.74, 6) is -2.71. The van der Waals surface area contributed by atoms with Crippen molar-refractivity contribution in [3.63, 3.8) is 0 Å². The highest BCUT2D eigenvalue weighted by atomic mass is 35.5. The first-order valence-electron chi connectivity index (χ1n) is 18.8. The molecule has 22 heteroatoms. The van der Waals surface area contributed by atoms with Crippen LogP contribution >= 0.6 is 11.6 Å². The standard InChI is InChI=1S/C43H28ClN9O10S2/c44-41-51-42(49-21-9-5-7-19(15-21)47-27-17-29(64(58,59)60)35(45)33-31(27)37(54)23-11-1-3-13-25(23)39(33)56)53-43(52-41)50-22-10-6-8-20(16-22)48-28-18-30(65(61,62)63)36(46)34-32(28)38(55)24-12-2-4-14-26(24)40(34)57/h1-18,47-48H,45-46H2,(H,58,59,60)(H,61,62,63)(H2,49,50,51,52,53). The number of fused-ring (bicyclic) bond motifs is 4. The van der Waals surface area contributed by atoms with E-state index in [2.05, 4.69) is 36.2 Å². The maximum absolute atomic E-state index is 13.8. The van der Waals surface area contributed by atoms with E-state index in [0.717, 1.165) is 12.1 Å². The normalized spacial score (nSPS) is 13.0. The van der Waals surface area contributed by atoms with E-state index in [1.54, 1.807) is 72.8 Å². The van der Waals surface area contributed by atoms with E-state index in [9.17, 15) is 45.1 Å². The highest BCUT2D eigenvalue weighted by molar-refractivity contribution is 7.86. The quantitative estimate of drug-likeness (QED) is 0.0522. The smallest absolute Gasteiger partial charge is 0.296 e. The number of nitrogens with two attached hydrogens (primary N) is 2. The van der Waals surface area contributed by atoms with Crippen molar-refractivity contribution in [3.8, 4) is 0 Å². The van der Waals surface area contributed by atoms with Crippen LogP contribution in [0.1, 0.15) is 63.7 Å². The summed E-state index contributed by atoms with van der Waals surface area (Å²) < 4.78 is 69.7. The van der Waals surface area contributed by atoms with Crippen molar-refractivity contribution in [3.05, 3.63) is 159 Å². The number of benzene rings is 6. The molecule has 7 aromatic rings. The Morgan fingerprint density at radius 2 is 0.769 bits per heavy atom. The Kier molecular flexibility index (Phi) is 10.1. The second-order valence-corrected chi connectivity index (χ2v) is 17.6. The number of nitrogen functional groups attached to an aromatic ring is 2. The van der Waals surface area contributed by atoms with Gasteiger partial charge in [-0.15, -0.1) is 0 Å². The van der Waals surface area contributed by atoms with Crippen LogP contribution in [0.4, 0.5) is 57.4 Å². The van der Waals surface area contributed by atoms with Gasteiger partial charge in [-0.05, 0) is 60.1 Å². The molecule has 0 fully saturated rings. The van der Waals surface area contributed by atoms with Gasteiger partial charge in [-0.2, -0.15) is 31.8 Å². The maximum atomic E-state index is 13.8. The largest absolute Gasteiger partial charge is 0.397 e. The van der Waals surface area contributed by atoms with Crippen molar-refractivity contribution < 1.29 is 45.1 Å². The average molecular weight is 930 g/mol. The number of aromatic nitrogens is 3. The summed E-state index contributed by atoms with van der Waals surface area (Å²) in [7, 11) is -9.92. The minimum atomic E-state index is -4.96. The van der Waals surface area contributed by atoms with Crippen molar-refractivity contribution >= 4 is 112 Å². The van der Waals surface area contributed by atoms with Crippen molar-refractivity contribution in [2.45, 2.75) is 9.79 Å². The molecule has 0 saturated carbocycles. The molecule has 2 aliphatic carbocycles. The Labute approximate surface area is 372 Å². The summed E-state index contributed by atoms with van der Waals surface area (Å²) in [5, 5.41) is 11.7. The van der Waals surface area contributed by atoms with Gasteiger partial charge in [0, 0.05) is 45.0 Å². The molecule has 10 N–H and O–H groups in total. The van der Waals surface area contributed by atoms with Gasteiger partial charge in [-0.1, -0.05) is 60.7 Å². The molecule has 0 amide bonds. The van der Waals surface area contributed by atoms with Crippen molar-refractivity contribution in [1.29, 1.82) is 0 Å². The molecule has 0 aliphatic heterocycles. The van der Waals surface area contributed by atoms with E-state index in [1.807, 2.05) is 0 Å². The first kappa shape index (κ1) is 42.2. The second-order valence-electron chi connectivity index (χ2n) is 14.4. The van der Waals surface area contributed by atoms with Gasteiger partial charge < -0.3 is 32.7 Å². The number of nitrogens with one attached hydrogen (secondary N) is 4. The highest BCUT2D eigenvalue weighted by Crippen LogP contribution is 2.42. The average Bonchev–Trinajstić information content (AvgIpc) is 3.25. The van der Waals surface area contributed by atoms with Crippen LogP contribution in [0.2, 0.25) is 5.28 Å². The summed E-state index contributed by atoms with van der Waals surface area (Å²) in [6.45, 7) is 0. The molecule has 1 heterocycles. The fraction of sp³-hybridized carbons (Fsp3) is 0. The molecule has 2 aliphatic rings. The van der Waals surface area contributed by atoms with E-state index >= 15 is 0 Å². The molecule has 0 radical (unpaired) electrons. The van der Waals surface area contributed by atoms with E-state index in [0.29, 0.717) is 11.4 Å². The predicted molar refractivity (Wildman–Crippen MR) is 239 cm³/mol. The number of hydrogen-bond donors (Lipinski definition) is 8. The number of nitrogens with zero attached hydrogens (tertiary/aromatic N) is 3. The number of carbonyl (C=O) groups excluding carboxylic acids is 4. The fourth-order valence-corrected chi connectivity index (χ4v) is 9.05. The number of carbonyl (C=O) groups is 4. The predicted octanol–water partition coefficient (Wildman–Crippen LogP) is 6.71. The molecule has 1 aromatic heterocycles. The van der Waals surface area contributed by atoms with Gasteiger partial charge in [0.05, 0.1) is 45.0 Å². The summed E-state index contributed by atoms with van der Waals surface area (Å²) in [4.78, 5) is 65.9. The number of anilines is 10. The maximum Gasteiger partial charge on any atom is 0.296 e. The molecule has 0 atom stereocenters. The lowest BCUT2D eigenvalue weighted by molar-refractivity contribution is 0.0980. The van der Waals surface area contributed by atoms with E-state index in [-0.39, 0.29) is 84.4 Å². The lowest BCUT2D eigenvalue weighted by Gasteiger charge is -2.23. The van der Waals surface area contributed by atoms with Gasteiger partial charge >= 0.3 is 0 Å². The Morgan fingerprint density at radius 3 is 1.11 bits per heavy atom. The molecule has 0 bridgehead atoms. The van der Waals surface area contributed by atoms with Gasteiger partial charge in [-0.3, -0.25) is 28.3 Å². The Bertz CT molecular complexity index is 3310. The molecule has 6 aromatic carbocycles. The fourth-order valence-electron chi connectivity index (χ4n) is 7.59. The SMILES string of the molecule is Nc1c(S(=O)(=O)O)cc(Nc2cccc(Nc3nc(Cl)nc(Nc4cccc(Nc5cc(S(=O)(=O)O)c(N)c6c5C(=O)c5ccccc5C6=O)c4)n3)c2)c2c1C(=O)c1ccccc1C2=O. The summed E-state index contributed by atoms with van der Waals surface area (Å²) in [6.07, 6.45) is 0. The van der Waals surface area contributed by atoms with Crippen LogP contribution in [-0.2, 0) is 20.2 Å². The number of halogens is 1. The zero-order chi connectivity index (χ0) is 46.1. The van der Waals surface area contributed by atoms with Gasteiger partial charge in [0.25, 0.3) is 20.2 Å². The summed E-state index contributed by atoms with van der Waals surface area (Å²) >= 11 is 6.30. The third kappa shape index (κ3) is 7.64. The molecule has 0 spiro atoms. The molecule has 324 valence electrons. The number of ketones is 4. The van der Waals surface area contributed by atoms with Gasteiger partial charge in [0.15, 0.2) is 23.1 Å². The van der Waals surface area contributed by atoms with Crippen LogP contribution in [0.25, 0.3) is 0 Å². The van der Waals surface area contributed by atoms with Crippen LogP contribution in [0, 0.1) is 0 Å².